The van der Waals surface area contributed by atoms with Crippen LogP contribution in [0.3, 0.4) is 0 Å². The van der Waals surface area contributed by atoms with Gasteiger partial charge in [0.05, 0.1) is 23.8 Å². The Morgan fingerprint density at radius 1 is 0.941 bits per heavy atom. The van der Waals surface area contributed by atoms with E-state index >= 15 is 0 Å². The molecule has 5 rings (SSSR count). The lowest BCUT2D eigenvalue weighted by atomic mass is 10.1. The van der Waals surface area contributed by atoms with Crippen molar-refractivity contribution in [1.82, 2.24) is 29.2 Å². The van der Waals surface area contributed by atoms with Crippen molar-refractivity contribution in [3.8, 4) is 11.1 Å². The molecular formula is C28H30N6. The van der Waals surface area contributed by atoms with Gasteiger partial charge in [0.25, 0.3) is 0 Å². The van der Waals surface area contributed by atoms with Crippen LogP contribution in [0.25, 0.3) is 22.2 Å². The molecule has 0 atom stereocenters. The molecule has 3 heterocycles. The minimum atomic E-state index is 0.747. The van der Waals surface area contributed by atoms with Crippen molar-refractivity contribution < 1.29 is 0 Å². The molecule has 6 nitrogen and oxygen atoms in total. The van der Waals surface area contributed by atoms with Crippen molar-refractivity contribution in [2.75, 3.05) is 7.05 Å². The first kappa shape index (κ1) is 22.0. The highest BCUT2D eigenvalue weighted by Gasteiger charge is 2.16. The molecule has 0 saturated carbocycles. The topological polar surface area (TPSA) is 51.8 Å². The molecule has 0 saturated heterocycles. The van der Waals surface area contributed by atoms with Gasteiger partial charge < -0.3 is 4.57 Å². The summed E-state index contributed by atoms with van der Waals surface area (Å²) in [6.07, 6.45) is 7.70. The van der Waals surface area contributed by atoms with Crippen LogP contribution >= 0.6 is 0 Å². The molecule has 0 fully saturated rings. The number of imidazole rings is 1. The van der Waals surface area contributed by atoms with Crippen LogP contribution in [0.15, 0.2) is 73.3 Å². The van der Waals surface area contributed by atoms with E-state index in [1.54, 1.807) is 0 Å². The van der Waals surface area contributed by atoms with E-state index < -0.39 is 0 Å². The number of pyridine rings is 1. The number of fused-ring (bicyclic) bond motifs is 1. The predicted molar refractivity (Wildman–Crippen MR) is 136 cm³/mol. The Morgan fingerprint density at radius 2 is 1.82 bits per heavy atom. The molecule has 0 bridgehead atoms. The maximum atomic E-state index is 5.07. The zero-order valence-electron chi connectivity index (χ0n) is 20.2. The third-order valence-corrected chi connectivity index (χ3v) is 6.29. The van der Waals surface area contributed by atoms with Crippen LogP contribution in [-0.4, -0.2) is 36.3 Å². The number of nitrogens with zero attached hydrogens (tertiary/aromatic N) is 6. The summed E-state index contributed by atoms with van der Waals surface area (Å²) in [5, 5.41) is 4.35. The van der Waals surface area contributed by atoms with Gasteiger partial charge in [-0.25, -0.2) is 4.98 Å². The Morgan fingerprint density at radius 3 is 2.59 bits per heavy atom. The van der Waals surface area contributed by atoms with E-state index in [9.17, 15) is 0 Å². The molecule has 0 aliphatic carbocycles. The Kier molecular flexibility index (Phi) is 5.99. The minimum absolute atomic E-state index is 0.747. The Labute approximate surface area is 200 Å². The van der Waals surface area contributed by atoms with Crippen molar-refractivity contribution >= 4 is 11.0 Å². The molecular weight excluding hydrogens is 420 g/mol. The van der Waals surface area contributed by atoms with Crippen LogP contribution in [0.4, 0.5) is 0 Å². The number of hydrogen-bond acceptors (Lipinski definition) is 4. The molecule has 0 amide bonds. The van der Waals surface area contributed by atoms with E-state index in [2.05, 4.69) is 89.1 Å². The molecule has 172 valence electrons. The number of hydrogen-bond donors (Lipinski definition) is 0. The molecule has 3 aromatic heterocycles. The van der Waals surface area contributed by atoms with Crippen molar-refractivity contribution in [2.24, 2.45) is 7.05 Å². The normalized spacial score (nSPS) is 11.6. The standard InChI is InChI=1S/C28H30N6/c1-20-7-8-21(2)24(12-20)18-34-27-13-23(25-15-30-33(4)17-25)9-10-26(27)31-28(34)19-32(3)16-22-6-5-11-29-14-22/h5-15,17H,16,18-19H2,1-4H3. The summed E-state index contributed by atoms with van der Waals surface area (Å²) in [7, 11) is 4.08. The third-order valence-electron chi connectivity index (χ3n) is 6.29. The van der Waals surface area contributed by atoms with E-state index in [0.29, 0.717) is 0 Å². The van der Waals surface area contributed by atoms with E-state index in [-0.39, 0.29) is 0 Å². The average Bonchev–Trinajstić information content (AvgIpc) is 3.40. The molecule has 0 aliphatic rings. The molecule has 6 heteroatoms. The summed E-state index contributed by atoms with van der Waals surface area (Å²) in [5.74, 6) is 1.06. The number of benzene rings is 2. The van der Waals surface area contributed by atoms with Gasteiger partial charge in [-0.15, -0.1) is 0 Å². The van der Waals surface area contributed by atoms with Gasteiger partial charge >= 0.3 is 0 Å². The fourth-order valence-corrected chi connectivity index (χ4v) is 4.46. The molecule has 0 unspecified atom stereocenters. The van der Waals surface area contributed by atoms with Crippen molar-refractivity contribution in [3.63, 3.8) is 0 Å². The average molecular weight is 451 g/mol. The molecule has 2 aromatic carbocycles. The molecule has 0 spiro atoms. The van der Waals surface area contributed by atoms with E-state index in [0.717, 1.165) is 47.6 Å². The van der Waals surface area contributed by atoms with Gasteiger partial charge in [-0.1, -0.05) is 35.9 Å². The zero-order chi connectivity index (χ0) is 23.7. The molecule has 34 heavy (non-hydrogen) atoms. The van der Waals surface area contributed by atoms with Gasteiger partial charge in [-0.05, 0) is 61.3 Å². The second kappa shape index (κ2) is 9.23. The largest absolute Gasteiger partial charge is 0.322 e. The lowest BCUT2D eigenvalue weighted by Gasteiger charge is -2.18. The summed E-state index contributed by atoms with van der Waals surface area (Å²) >= 11 is 0. The summed E-state index contributed by atoms with van der Waals surface area (Å²) in [6, 6.07) is 17.3. The molecule has 0 aliphatic heterocycles. The SMILES string of the molecule is Cc1ccc(C)c(Cn2c(CN(C)Cc3cccnc3)nc3ccc(-c4cnn(C)c4)cc32)c1. The second-order valence-corrected chi connectivity index (χ2v) is 9.18. The van der Waals surface area contributed by atoms with E-state index in [1.807, 2.05) is 36.4 Å². The quantitative estimate of drug-likeness (QED) is 0.345. The first-order chi connectivity index (χ1) is 16.5. The molecule has 5 aromatic rings. The van der Waals surface area contributed by atoms with Crippen molar-refractivity contribution in [2.45, 2.75) is 33.5 Å². The van der Waals surface area contributed by atoms with Gasteiger partial charge in [0.15, 0.2) is 0 Å². The Hall–Kier alpha value is -3.77. The number of aryl methyl sites for hydroxylation is 3. The van der Waals surface area contributed by atoms with Crippen LogP contribution < -0.4 is 0 Å². The van der Waals surface area contributed by atoms with E-state index in [4.69, 9.17) is 4.98 Å². The highest BCUT2D eigenvalue weighted by molar-refractivity contribution is 5.82. The fourth-order valence-electron chi connectivity index (χ4n) is 4.46. The van der Waals surface area contributed by atoms with Crippen LogP contribution in [0.2, 0.25) is 0 Å². The maximum Gasteiger partial charge on any atom is 0.124 e. The Bertz CT molecular complexity index is 1430. The van der Waals surface area contributed by atoms with Gasteiger partial charge in [0, 0.05) is 44.3 Å². The van der Waals surface area contributed by atoms with Gasteiger partial charge in [0.1, 0.15) is 5.82 Å². The molecule has 0 N–H and O–H groups in total. The van der Waals surface area contributed by atoms with Gasteiger partial charge in [0.2, 0.25) is 0 Å². The minimum Gasteiger partial charge on any atom is -0.322 e. The Balaban J connectivity index is 1.55. The smallest absolute Gasteiger partial charge is 0.124 e. The lowest BCUT2D eigenvalue weighted by molar-refractivity contribution is 0.306. The van der Waals surface area contributed by atoms with Gasteiger partial charge in [-0.2, -0.15) is 5.10 Å². The summed E-state index contributed by atoms with van der Waals surface area (Å²) in [4.78, 5) is 11.6. The summed E-state index contributed by atoms with van der Waals surface area (Å²) in [5.41, 5.74) is 9.51. The van der Waals surface area contributed by atoms with Gasteiger partial charge in [-0.3, -0.25) is 14.6 Å². The van der Waals surface area contributed by atoms with E-state index in [1.165, 1.54) is 22.3 Å². The third kappa shape index (κ3) is 4.63. The first-order valence-electron chi connectivity index (χ1n) is 11.6. The predicted octanol–water partition coefficient (Wildman–Crippen LogP) is 5.13. The summed E-state index contributed by atoms with van der Waals surface area (Å²) < 4.78 is 4.21. The number of aromatic nitrogens is 5. The first-order valence-corrected chi connectivity index (χ1v) is 11.6. The monoisotopic (exact) mass is 450 g/mol. The lowest BCUT2D eigenvalue weighted by Crippen LogP contribution is -2.20. The van der Waals surface area contributed by atoms with Crippen molar-refractivity contribution in [3.05, 3.63) is 101 Å². The highest BCUT2D eigenvalue weighted by Crippen LogP contribution is 2.27. The van der Waals surface area contributed by atoms with Crippen LogP contribution in [0.5, 0.6) is 0 Å². The van der Waals surface area contributed by atoms with Crippen LogP contribution in [0.1, 0.15) is 28.1 Å². The van der Waals surface area contributed by atoms with Crippen molar-refractivity contribution in [1.29, 1.82) is 0 Å². The second-order valence-electron chi connectivity index (χ2n) is 9.18. The summed E-state index contributed by atoms with van der Waals surface area (Å²) in [6.45, 7) is 6.69. The van der Waals surface area contributed by atoms with Crippen LogP contribution in [-0.2, 0) is 26.7 Å². The zero-order valence-corrected chi connectivity index (χ0v) is 20.2. The number of rotatable bonds is 7. The maximum absolute atomic E-state index is 5.07. The highest BCUT2D eigenvalue weighted by atomic mass is 15.2. The van der Waals surface area contributed by atoms with Crippen LogP contribution in [0, 0.1) is 13.8 Å². The fraction of sp³-hybridized carbons (Fsp3) is 0.250. The molecule has 0 radical (unpaired) electrons.